The lowest BCUT2D eigenvalue weighted by Gasteiger charge is -2.04. The molecule has 0 aliphatic heterocycles. The minimum atomic E-state index is 0.761. The zero-order valence-electron chi connectivity index (χ0n) is 7.53. The summed E-state index contributed by atoms with van der Waals surface area (Å²) in [5, 5.41) is 4.93. The molecule has 1 heterocycles. The van der Waals surface area contributed by atoms with Crippen molar-refractivity contribution in [3.8, 4) is 11.1 Å². The number of hydrogen-bond acceptors (Lipinski definition) is 1. The lowest BCUT2D eigenvalue weighted by molar-refractivity contribution is 1.63. The zero-order chi connectivity index (χ0) is 9.97. The molecule has 0 aliphatic carbocycles. The van der Waals surface area contributed by atoms with Crippen LogP contribution in [0, 0.1) is 0 Å². The van der Waals surface area contributed by atoms with E-state index in [1.165, 1.54) is 5.56 Å². The second-order valence-corrected chi connectivity index (χ2v) is 4.16. The topological polar surface area (TPSA) is 0 Å². The molecule has 0 radical (unpaired) electrons. The van der Waals surface area contributed by atoms with Crippen molar-refractivity contribution in [2.24, 2.45) is 0 Å². The summed E-state index contributed by atoms with van der Waals surface area (Å²) >= 11 is 7.64. The highest BCUT2D eigenvalue weighted by molar-refractivity contribution is 7.08. The van der Waals surface area contributed by atoms with Crippen LogP contribution in [-0.2, 0) is 0 Å². The van der Waals surface area contributed by atoms with E-state index < -0.39 is 0 Å². The zero-order valence-corrected chi connectivity index (χ0v) is 9.11. The first kappa shape index (κ1) is 9.50. The summed E-state index contributed by atoms with van der Waals surface area (Å²) in [6.45, 7) is 3.79. The summed E-state index contributed by atoms with van der Waals surface area (Å²) in [4.78, 5) is 0. The van der Waals surface area contributed by atoms with Crippen molar-refractivity contribution in [1.82, 2.24) is 0 Å². The van der Waals surface area contributed by atoms with Gasteiger partial charge in [-0.3, -0.25) is 0 Å². The first-order valence-electron chi connectivity index (χ1n) is 4.26. The van der Waals surface area contributed by atoms with Gasteiger partial charge < -0.3 is 0 Å². The van der Waals surface area contributed by atoms with Gasteiger partial charge in [0.15, 0.2) is 0 Å². The average Bonchev–Trinajstić information content (AvgIpc) is 2.70. The maximum absolute atomic E-state index is 5.96. The molecule has 0 unspecified atom stereocenters. The quantitative estimate of drug-likeness (QED) is 0.688. The Morgan fingerprint density at radius 2 is 2.14 bits per heavy atom. The molecule has 0 fully saturated rings. The highest BCUT2D eigenvalue weighted by atomic mass is 35.5. The van der Waals surface area contributed by atoms with Crippen molar-refractivity contribution >= 4 is 29.0 Å². The van der Waals surface area contributed by atoms with Gasteiger partial charge in [-0.2, -0.15) is 11.3 Å². The fraction of sp³-hybridized carbons (Fsp3) is 0. The Morgan fingerprint density at radius 1 is 1.29 bits per heavy atom. The molecule has 0 atom stereocenters. The molecule has 2 aromatic rings. The Labute approximate surface area is 92.5 Å². The molecule has 1 aromatic carbocycles. The van der Waals surface area contributed by atoms with E-state index in [9.17, 15) is 0 Å². The number of halogens is 1. The van der Waals surface area contributed by atoms with Crippen LogP contribution in [0.25, 0.3) is 17.2 Å². The van der Waals surface area contributed by atoms with Crippen molar-refractivity contribution in [3.63, 3.8) is 0 Å². The van der Waals surface area contributed by atoms with Crippen molar-refractivity contribution in [2.75, 3.05) is 0 Å². The fourth-order valence-corrected chi connectivity index (χ4v) is 2.20. The molecule has 0 aliphatic rings. The molecule has 2 rings (SSSR count). The third kappa shape index (κ3) is 1.74. The van der Waals surface area contributed by atoms with Gasteiger partial charge in [0.25, 0.3) is 0 Å². The molecule has 0 nitrogen and oxygen atoms in total. The molecule has 0 saturated heterocycles. The maximum atomic E-state index is 5.96. The van der Waals surface area contributed by atoms with Crippen LogP contribution in [0.2, 0.25) is 5.02 Å². The van der Waals surface area contributed by atoms with Crippen LogP contribution >= 0.6 is 22.9 Å². The van der Waals surface area contributed by atoms with E-state index >= 15 is 0 Å². The molecule has 0 N–H and O–H groups in total. The van der Waals surface area contributed by atoms with Gasteiger partial charge in [0.1, 0.15) is 0 Å². The second kappa shape index (κ2) is 3.99. The number of rotatable bonds is 2. The second-order valence-electron chi connectivity index (χ2n) is 2.95. The van der Waals surface area contributed by atoms with Crippen LogP contribution in [0.1, 0.15) is 5.56 Å². The van der Waals surface area contributed by atoms with E-state index in [1.807, 2.05) is 24.3 Å². The largest absolute Gasteiger partial charge is 0.152 e. The van der Waals surface area contributed by atoms with Crippen LogP contribution in [0.5, 0.6) is 0 Å². The summed E-state index contributed by atoms with van der Waals surface area (Å²) in [7, 11) is 0. The molecule has 2 heteroatoms. The molecule has 0 amide bonds. The van der Waals surface area contributed by atoms with Crippen molar-refractivity contribution in [2.45, 2.75) is 0 Å². The Kier molecular flexibility index (Phi) is 2.71. The van der Waals surface area contributed by atoms with Gasteiger partial charge >= 0.3 is 0 Å². The van der Waals surface area contributed by atoms with E-state index in [2.05, 4.69) is 23.4 Å². The van der Waals surface area contributed by atoms with Gasteiger partial charge in [0.2, 0.25) is 0 Å². The Hall–Kier alpha value is -1.05. The van der Waals surface area contributed by atoms with Gasteiger partial charge in [0.05, 0.1) is 0 Å². The first-order valence-corrected chi connectivity index (χ1v) is 5.58. The smallest absolute Gasteiger partial charge is 0.0412 e. The standard InChI is InChI=1S/C12H9ClS/c1-2-9-3-4-11(13)7-12(9)10-5-6-14-8-10/h2-8H,1H2. The van der Waals surface area contributed by atoms with Gasteiger partial charge in [-0.05, 0) is 45.6 Å². The number of benzene rings is 1. The van der Waals surface area contributed by atoms with E-state index in [4.69, 9.17) is 11.6 Å². The Bertz CT molecular complexity index is 443. The predicted octanol–water partition coefficient (Wildman–Crippen LogP) is 4.71. The molecular formula is C12H9ClS. The number of hydrogen-bond donors (Lipinski definition) is 0. The molecule has 0 saturated carbocycles. The van der Waals surface area contributed by atoms with Crippen molar-refractivity contribution in [1.29, 1.82) is 0 Å². The highest BCUT2D eigenvalue weighted by Gasteiger charge is 2.03. The van der Waals surface area contributed by atoms with E-state index in [0.717, 1.165) is 16.1 Å². The molecule has 1 aromatic heterocycles. The minimum Gasteiger partial charge on any atom is -0.152 e. The third-order valence-electron chi connectivity index (χ3n) is 2.07. The van der Waals surface area contributed by atoms with Gasteiger partial charge in [0, 0.05) is 5.02 Å². The number of thiophene rings is 1. The Morgan fingerprint density at radius 3 is 2.79 bits per heavy atom. The molecular weight excluding hydrogens is 212 g/mol. The maximum Gasteiger partial charge on any atom is 0.0412 e. The molecule has 70 valence electrons. The van der Waals surface area contributed by atoms with Gasteiger partial charge in [-0.1, -0.05) is 30.3 Å². The van der Waals surface area contributed by atoms with Crippen LogP contribution < -0.4 is 0 Å². The normalized spacial score (nSPS) is 10.1. The summed E-state index contributed by atoms with van der Waals surface area (Å²) in [5.74, 6) is 0. The van der Waals surface area contributed by atoms with E-state index in [-0.39, 0.29) is 0 Å². The fourth-order valence-electron chi connectivity index (χ4n) is 1.37. The van der Waals surface area contributed by atoms with Gasteiger partial charge in [-0.25, -0.2) is 0 Å². The van der Waals surface area contributed by atoms with Crippen molar-refractivity contribution in [3.05, 3.63) is 52.2 Å². The minimum absolute atomic E-state index is 0.761. The Balaban J connectivity index is 2.61. The van der Waals surface area contributed by atoms with Crippen LogP contribution in [0.15, 0.2) is 41.6 Å². The summed E-state index contributed by atoms with van der Waals surface area (Å²) in [6.07, 6.45) is 1.85. The van der Waals surface area contributed by atoms with E-state index in [1.54, 1.807) is 11.3 Å². The summed E-state index contributed by atoms with van der Waals surface area (Å²) in [6, 6.07) is 7.93. The van der Waals surface area contributed by atoms with Gasteiger partial charge in [-0.15, -0.1) is 0 Å². The highest BCUT2D eigenvalue weighted by Crippen LogP contribution is 2.29. The monoisotopic (exact) mass is 220 g/mol. The molecule has 0 bridgehead atoms. The lowest BCUT2D eigenvalue weighted by Crippen LogP contribution is -1.80. The van der Waals surface area contributed by atoms with Crippen LogP contribution in [0.4, 0.5) is 0 Å². The van der Waals surface area contributed by atoms with Crippen LogP contribution in [0.3, 0.4) is 0 Å². The average molecular weight is 221 g/mol. The predicted molar refractivity (Wildman–Crippen MR) is 64.9 cm³/mol. The molecule has 0 spiro atoms. The SMILES string of the molecule is C=Cc1ccc(Cl)cc1-c1ccsc1. The summed E-state index contributed by atoms with van der Waals surface area (Å²) < 4.78 is 0. The molecule has 14 heavy (non-hydrogen) atoms. The lowest BCUT2D eigenvalue weighted by atomic mass is 10.0. The van der Waals surface area contributed by atoms with Crippen molar-refractivity contribution < 1.29 is 0 Å². The summed E-state index contributed by atoms with van der Waals surface area (Å²) in [5.41, 5.74) is 3.47. The third-order valence-corrected chi connectivity index (χ3v) is 2.99. The van der Waals surface area contributed by atoms with E-state index in [0.29, 0.717) is 0 Å². The van der Waals surface area contributed by atoms with Crippen LogP contribution in [-0.4, -0.2) is 0 Å². The first-order chi connectivity index (χ1) is 6.81.